The summed E-state index contributed by atoms with van der Waals surface area (Å²) < 4.78 is 0. The van der Waals surface area contributed by atoms with E-state index in [2.05, 4.69) is 17.4 Å². The van der Waals surface area contributed by atoms with Crippen LogP contribution in [0.3, 0.4) is 0 Å². The van der Waals surface area contributed by atoms with Gasteiger partial charge in [-0.25, -0.2) is 4.98 Å². The number of thiazole rings is 1. The summed E-state index contributed by atoms with van der Waals surface area (Å²) in [4.78, 5) is 33.8. The normalized spacial score (nSPS) is 18.4. The minimum Gasteiger partial charge on any atom is -0.312 e. The zero-order chi connectivity index (χ0) is 23.4. The van der Waals surface area contributed by atoms with Crippen molar-refractivity contribution in [1.82, 2.24) is 4.98 Å². The van der Waals surface area contributed by atoms with Crippen molar-refractivity contribution < 1.29 is 9.59 Å². The van der Waals surface area contributed by atoms with Crippen LogP contribution in [0.4, 0.5) is 10.8 Å². The summed E-state index contributed by atoms with van der Waals surface area (Å²) in [6, 6.07) is 13.9. The number of hydrogen-bond acceptors (Lipinski definition) is 4. The Kier molecular flexibility index (Phi) is 5.26. The molecule has 2 fully saturated rings. The Balaban J connectivity index is 1.23. The van der Waals surface area contributed by atoms with Crippen molar-refractivity contribution in [1.29, 1.82) is 0 Å². The summed E-state index contributed by atoms with van der Waals surface area (Å²) in [5.41, 5.74) is 4.67. The molecule has 5 nitrogen and oxygen atoms in total. The zero-order valence-corrected chi connectivity index (χ0v) is 20.6. The van der Waals surface area contributed by atoms with E-state index in [1.54, 1.807) is 0 Å². The Morgan fingerprint density at radius 1 is 1.15 bits per heavy atom. The van der Waals surface area contributed by atoms with E-state index in [-0.39, 0.29) is 17.7 Å². The molecule has 0 bridgehead atoms. The van der Waals surface area contributed by atoms with E-state index in [9.17, 15) is 9.59 Å². The van der Waals surface area contributed by atoms with Crippen LogP contribution in [0.2, 0.25) is 5.02 Å². The number of aromatic nitrogens is 1. The molecule has 34 heavy (non-hydrogen) atoms. The van der Waals surface area contributed by atoms with Crippen LogP contribution in [0.15, 0.2) is 42.5 Å². The molecule has 0 atom stereocenters. The maximum Gasteiger partial charge on any atom is 0.236 e. The van der Waals surface area contributed by atoms with Crippen molar-refractivity contribution in [3.63, 3.8) is 0 Å². The molecule has 1 aromatic heterocycles. The maximum atomic E-state index is 13.4. The van der Waals surface area contributed by atoms with Gasteiger partial charge in [-0.1, -0.05) is 36.2 Å². The fourth-order valence-electron chi connectivity index (χ4n) is 5.21. The SMILES string of the molecule is Cc1sc(NC(=O)C2(c3ccc(Cl)cc3)CCC2)nc1-c1ccc2c(c1)CCN2C(=O)C1CC1. The number of benzene rings is 2. The predicted octanol–water partition coefficient (Wildman–Crippen LogP) is 6.13. The van der Waals surface area contributed by atoms with Crippen LogP contribution in [-0.2, 0) is 21.4 Å². The summed E-state index contributed by atoms with van der Waals surface area (Å²) >= 11 is 7.57. The molecular formula is C27H26ClN3O2S. The third-order valence-corrected chi connectivity index (χ3v) is 8.63. The summed E-state index contributed by atoms with van der Waals surface area (Å²) in [5, 5.41) is 4.41. The van der Waals surface area contributed by atoms with E-state index in [0.29, 0.717) is 10.2 Å². The summed E-state index contributed by atoms with van der Waals surface area (Å²) in [7, 11) is 0. The maximum absolute atomic E-state index is 13.4. The molecule has 7 heteroatoms. The second-order valence-electron chi connectivity index (χ2n) is 9.68. The lowest BCUT2D eigenvalue weighted by Crippen LogP contribution is -2.45. The van der Waals surface area contributed by atoms with Gasteiger partial charge in [0.1, 0.15) is 0 Å². The number of nitrogens with one attached hydrogen (secondary N) is 1. The van der Waals surface area contributed by atoms with Crippen molar-refractivity contribution in [2.24, 2.45) is 5.92 Å². The summed E-state index contributed by atoms with van der Waals surface area (Å²) in [6.07, 6.45) is 5.62. The van der Waals surface area contributed by atoms with Gasteiger partial charge in [-0.2, -0.15) is 0 Å². The van der Waals surface area contributed by atoms with Crippen LogP contribution in [0.5, 0.6) is 0 Å². The van der Waals surface area contributed by atoms with Crippen molar-refractivity contribution in [3.05, 3.63) is 63.5 Å². The quantitative estimate of drug-likeness (QED) is 0.467. The molecule has 3 aliphatic rings. The minimum absolute atomic E-state index is 0.00422. The second kappa shape index (κ2) is 8.21. The fourth-order valence-corrected chi connectivity index (χ4v) is 6.17. The highest BCUT2D eigenvalue weighted by molar-refractivity contribution is 7.16. The molecule has 0 unspecified atom stereocenters. The molecule has 0 radical (unpaired) electrons. The first-order chi connectivity index (χ1) is 16.4. The van der Waals surface area contributed by atoms with Gasteiger partial charge < -0.3 is 10.2 Å². The number of nitrogens with zero attached hydrogens (tertiary/aromatic N) is 2. The van der Waals surface area contributed by atoms with Crippen molar-refractivity contribution in [3.8, 4) is 11.3 Å². The number of halogens is 1. The molecule has 2 aliphatic carbocycles. The van der Waals surface area contributed by atoms with Crippen LogP contribution in [0.25, 0.3) is 11.3 Å². The van der Waals surface area contributed by atoms with Crippen molar-refractivity contribution >= 4 is 45.6 Å². The molecule has 0 spiro atoms. The first-order valence-corrected chi connectivity index (χ1v) is 13.1. The first-order valence-electron chi connectivity index (χ1n) is 11.9. The van der Waals surface area contributed by atoms with Crippen LogP contribution >= 0.6 is 22.9 Å². The van der Waals surface area contributed by atoms with Gasteiger partial charge >= 0.3 is 0 Å². The molecule has 174 valence electrons. The Hall–Kier alpha value is -2.70. The van der Waals surface area contributed by atoms with Gasteiger partial charge in [-0.3, -0.25) is 9.59 Å². The molecule has 6 rings (SSSR count). The highest BCUT2D eigenvalue weighted by Gasteiger charge is 2.46. The molecule has 3 aromatic rings. The Bertz CT molecular complexity index is 1290. The number of aryl methyl sites for hydroxylation is 1. The lowest BCUT2D eigenvalue weighted by Gasteiger charge is -2.40. The van der Waals surface area contributed by atoms with Gasteiger partial charge in [-0.15, -0.1) is 11.3 Å². The van der Waals surface area contributed by atoms with E-state index in [1.807, 2.05) is 42.2 Å². The standard InChI is InChI=1S/C27H26ClN3O2S/c1-16-23(19-5-10-22-18(15-19)11-14-31(22)24(32)17-3-4-17)29-26(34-16)30-25(33)27(12-2-13-27)20-6-8-21(28)9-7-20/h5-10,15,17H,2-4,11-14H2,1H3,(H,29,30,33). The van der Waals surface area contributed by atoms with Gasteiger partial charge in [-0.05, 0) is 74.4 Å². The average Bonchev–Trinajstić information content (AvgIpc) is 3.46. The number of carbonyl (C=O) groups is 2. The summed E-state index contributed by atoms with van der Waals surface area (Å²) in [6.45, 7) is 2.80. The zero-order valence-electron chi connectivity index (χ0n) is 19.1. The number of hydrogen-bond donors (Lipinski definition) is 1. The highest BCUT2D eigenvalue weighted by Crippen LogP contribution is 2.45. The number of carbonyl (C=O) groups excluding carboxylic acids is 2. The Morgan fingerprint density at radius 3 is 2.59 bits per heavy atom. The number of rotatable bonds is 5. The van der Waals surface area contributed by atoms with E-state index in [4.69, 9.17) is 16.6 Å². The van der Waals surface area contributed by atoms with Crippen LogP contribution in [0, 0.1) is 12.8 Å². The number of fused-ring (bicyclic) bond motifs is 1. The molecule has 1 aliphatic heterocycles. The average molecular weight is 492 g/mol. The first kappa shape index (κ1) is 21.8. The monoisotopic (exact) mass is 491 g/mol. The van der Waals surface area contributed by atoms with Gasteiger partial charge in [0.15, 0.2) is 5.13 Å². The summed E-state index contributed by atoms with van der Waals surface area (Å²) in [5.74, 6) is 0.501. The lowest BCUT2D eigenvalue weighted by atomic mass is 9.64. The van der Waals surface area contributed by atoms with Gasteiger partial charge in [0.25, 0.3) is 0 Å². The molecule has 2 aromatic carbocycles. The fraction of sp³-hybridized carbons (Fsp3) is 0.370. The molecule has 0 saturated heterocycles. The van der Waals surface area contributed by atoms with E-state index in [1.165, 1.54) is 16.9 Å². The minimum atomic E-state index is -0.505. The van der Waals surface area contributed by atoms with E-state index < -0.39 is 5.41 Å². The smallest absolute Gasteiger partial charge is 0.236 e. The molecule has 2 amide bonds. The third kappa shape index (κ3) is 3.64. The molecule has 1 N–H and O–H groups in total. The van der Waals surface area contributed by atoms with Crippen molar-refractivity contribution in [2.75, 3.05) is 16.8 Å². The number of amides is 2. The highest BCUT2D eigenvalue weighted by atomic mass is 35.5. The largest absolute Gasteiger partial charge is 0.312 e. The van der Waals surface area contributed by atoms with E-state index >= 15 is 0 Å². The second-order valence-corrected chi connectivity index (χ2v) is 11.3. The third-order valence-electron chi connectivity index (χ3n) is 7.50. The number of anilines is 2. The lowest BCUT2D eigenvalue weighted by molar-refractivity contribution is -0.124. The predicted molar refractivity (Wildman–Crippen MR) is 137 cm³/mol. The van der Waals surface area contributed by atoms with Crippen LogP contribution in [0.1, 0.15) is 48.1 Å². The van der Waals surface area contributed by atoms with Gasteiger partial charge in [0.05, 0.1) is 11.1 Å². The molecule has 2 saturated carbocycles. The van der Waals surface area contributed by atoms with Gasteiger partial charge in [0.2, 0.25) is 11.8 Å². The van der Waals surface area contributed by atoms with Crippen LogP contribution in [-0.4, -0.2) is 23.3 Å². The van der Waals surface area contributed by atoms with Crippen molar-refractivity contribution in [2.45, 2.75) is 50.9 Å². The Labute approximate surface area is 208 Å². The Morgan fingerprint density at radius 2 is 1.91 bits per heavy atom. The van der Waals surface area contributed by atoms with Gasteiger partial charge in [0, 0.05) is 33.6 Å². The molecular weight excluding hydrogens is 466 g/mol. The van der Waals surface area contributed by atoms with E-state index in [0.717, 1.165) is 72.5 Å². The van der Waals surface area contributed by atoms with Crippen LogP contribution < -0.4 is 10.2 Å². The topological polar surface area (TPSA) is 62.3 Å². The molecule has 2 heterocycles.